The molecule has 2 N–H and O–H groups in total. The lowest BCUT2D eigenvalue weighted by atomic mass is 9.76. The van der Waals surface area contributed by atoms with E-state index in [2.05, 4.69) is 47.6 Å². The Hall–Kier alpha value is -4.37. The van der Waals surface area contributed by atoms with Gasteiger partial charge in [-0.2, -0.15) is 13.0 Å². The zero-order valence-corrected chi connectivity index (χ0v) is 63.6. The van der Waals surface area contributed by atoms with Crippen LogP contribution in [0.15, 0.2) is 77.4 Å². The number of methoxy groups -OCH3 is 2. The molecule has 0 aromatic heterocycles. The second-order valence-corrected chi connectivity index (χ2v) is 25.6. The average Bonchev–Trinajstić information content (AvgIpc) is 1.59. The summed E-state index contributed by atoms with van der Waals surface area (Å²) in [4.78, 5) is 36.0. The normalized spacial score (nSPS) is 16.5. The lowest BCUT2D eigenvalue weighted by Gasteiger charge is -2.29. The largest absolute Gasteiger partial charge is 0.481 e. The van der Waals surface area contributed by atoms with E-state index in [1.807, 2.05) is 38.2 Å². The third kappa shape index (κ3) is 39.6. The molecule has 2 atom stereocenters. The molecular formula is C74H123N2O27S+. The van der Waals surface area contributed by atoms with Crippen molar-refractivity contribution < 1.29 is 132 Å². The van der Waals surface area contributed by atoms with E-state index in [-0.39, 0.29) is 37.7 Å². The Labute approximate surface area is 617 Å². The highest BCUT2D eigenvalue weighted by molar-refractivity contribution is 7.85. The molecule has 0 fully saturated rings. The molecule has 0 spiro atoms. The molecule has 2 aromatic carbocycles. The molecule has 2 heterocycles. The first kappa shape index (κ1) is 92.0. The zero-order valence-electron chi connectivity index (χ0n) is 62.8. The summed E-state index contributed by atoms with van der Waals surface area (Å²) in [5, 5.41) is 9.35. The number of carbonyl (C=O) groups is 1. The number of anilines is 1. The number of unbranched alkanes of at least 4 members (excludes halogenated alkanes) is 2. The van der Waals surface area contributed by atoms with Crippen LogP contribution in [0.1, 0.15) is 76.0 Å². The molecular weight excluding hydrogens is 1380 g/mol. The van der Waals surface area contributed by atoms with Crippen LogP contribution >= 0.6 is 0 Å². The van der Waals surface area contributed by atoms with Crippen LogP contribution < -0.4 is 4.90 Å². The third-order valence-electron chi connectivity index (χ3n) is 16.5. The maximum Gasteiger partial charge on any atom is 0.303 e. The highest BCUT2D eigenvalue weighted by Crippen LogP contribution is 2.51. The minimum Gasteiger partial charge on any atom is -0.481 e. The van der Waals surface area contributed by atoms with E-state index < -0.39 is 26.9 Å². The van der Waals surface area contributed by atoms with Gasteiger partial charge in [-0.05, 0) is 89.3 Å². The SMILES string of the molecule is CCN1C(=CC=CC=CC2=[N+](CCCCCC(=O)O)c3ccc(C)cc3C2(C)CCOOCCOCCOCCOCCOCCOCCOCCOCCOCCOC)C(C)(CCOOCCOCCOCCOCCOCCOCCOCCOCCOCCOC)c2cc(S(=O)(=O)O)ccc21. The monoisotopic (exact) mass is 1500 g/mol. The number of carboxylic acids is 1. The van der Waals surface area contributed by atoms with Crippen LogP contribution in [0.4, 0.5) is 11.4 Å². The van der Waals surface area contributed by atoms with E-state index in [1.54, 1.807) is 20.3 Å². The predicted molar refractivity (Wildman–Crippen MR) is 387 cm³/mol. The maximum absolute atomic E-state index is 12.5. The number of aryl methyl sites for hydroxylation is 1. The molecule has 104 heavy (non-hydrogen) atoms. The van der Waals surface area contributed by atoms with Gasteiger partial charge in [0.15, 0.2) is 5.71 Å². The predicted octanol–water partition coefficient (Wildman–Crippen LogP) is 7.27. The zero-order chi connectivity index (χ0) is 74.7. The number of allylic oxidation sites excluding steroid dienone is 6. The molecule has 0 saturated carbocycles. The summed E-state index contributed by atoms with van der Waals surface area (Å²) >= 11 is 0. The summed E-state index contributed by atoms with van der Waals surface area (Å²) in [6.07, 6.45) is 13.3. The van der Waals surface area contributed by atoms with Gasteiger partial charge in [-0.1, -0.05) is 29.9 Å². The van der Waals surface area contributed by atoms with Crippen molar-refractivity contribution in [3.8, 4) is 0 Å². The molecule has 4 rings (SSSR count). The Kier molecular flexibility index (Phi) is 52.7. The molecule has 2 aliphatic heterocycles. The fraction of sp³-hybridized carbons (Fsp3) is 0.730. The van der Waals surface area contributed by atoms with Crippen molar-refractivity contribution in [2.45, 2.75) is 81.9 Å². The highest BCUT2D eigenvalue weighted by Gasteiger charge is 2.48. The van der Waals surface area contributed by atoms with Crippen LogP contribution in [0.25, 0.3) is 0 Å². The molecule has 2 unspecified atom stereocenters. The Morgan fingerprint density at radius 2 is 0.827 bits per heavy atom. The topological polar surface area (TPSA) is 301 Å². The van der Waals surface area contributed by atoms with Crippen molar-refractivity contribution in [1.82, 2.24) is 0 Å². The first-order chi connectivity index (χ1) is 50.8. The molecule has 0 bridgehead atoms. The molecule has 2 aliphatic rings. The quantitative estimate of drug-likeness (QED) is 0.0164. The van der Waals surface area contributed by atoms with Crippen LogP contribution in [0.5, 0.6) is 0 Å². The van der Waals surface area contributed by atoms with E-state index in [1.165, 1.54) is 12.1 Å². The van der Waals surface area contributed by atoms with Crippen molar-refractivity contribution >= 4 is 33.2 Å². The molecule has 30 heteroatoms. The van der Waals surface area contributed by atoms with Gasteiger partial charge in [0.05, 0.1) is 248 Å². The van der Waals surface area contributed by atoms with Gasteiger partial charge in [-0.15, -0.1) is 0 Å². The van der Waals surface area contributed by atoms with Gasteiger partial charge in [0, 0.05) is 68.1 Å². The van der Waals surface area contributed by atoms with E-state index >= 15 is 0 Å². The van der Waals surface area contributed by atoms with Gasteiger partial charge in [0.2, 0.25) is 5.69 Å². The Balaban J connectivity index is 1.17. The second kappa shape index (κ2) is 59.6. The van der Waals surface area contributed by atoms with Gasteiger partial charge in [-0.3, -0.25) is 9.35 Å². The summed E-state index contributed by atoms with van der Waals surface area (Å²) in [5.74, 6) is -0.806. The van der Waals surface area contributed by atoms with Gasteiger partial charge < -0.3 is 95.3 Å². The standard InChI is InChI=1S/C74H122N2O27S/c1-7-75-68-20-18-65(104(79,80)81)63-67(68)74(4,22-25-101-103-61-59-99-57-55-97-53-51-95-49-47-93-45-43-91-41-39-89-37-35-87-33-31-85-29-27-83-6)70(75)14-10-8-11-15-71-73(3,66-62-64(2)17-19-69(66)76(71)23-13-9-12-16-72(77)78)21-24-100-102-60-58-98-56-54-96-52-50-94-48-46-92-44-42-90-40-38-88-36-34-86-32-30-84-28-26-82-5/h8,10-11,14-15,17-20,62-63H,7,9,12-13,16,21-61H2,1-6H3,(H-,77,78,79,80,81)/p+1. The van der Waals surface area contributed by atoms with Crippen LogP contribution in [-0.2, 0) is 131 Å². The Bertz CT molecular complexity index is 2760. The number of benzene rings is 2. The van der Waals surface area contributed by atoms with Gasteiger partial charge in [-0.25, -0.2) is 19.6 Å². The highest BCUT2D eigenvalue weighted by atomic mass is 32.2. The lowest BCUT2D eigenvalue weighted by molar-refractivity contribution is -0.438. The van der Waals surface area contributed by atoms with Gasteiger partial charge in [0.1, 0.15) is 19.8 Å². The van der Waals surface area contributed by atoms with Crippen molar-refractivity contribution in [2.75, 3.05) is 283 Å². The number of fused-ring (bicyclic) bond motifs is 2. The fourth-order valence-electron chi connectivity index (χ4n) is 11.0. The second-order valence-electron chi connectivity index (χ2n) is 24.2. The molecule has 0 aliphatic carbocycles. The van der Waals surface area contributed by atoms with Crippen LogP contribution in [0.2, 0.25) is 0 Å². The molecule has 596 valence electrons. The molecule has 0 saturated heterocycles. The number of aliphatic carboxylic acids is 1. The number of carboxylic acid groups (broad SMARTS) is 1. The van der Waals surface area contributed by atoms with E-state index in [0.29, 0.717) is 257 Å². The molecule has 2 aromatic rings. The van der Waals surface area contributed by atoms with E-state index in [0.717, 1.165) is 52.3 Å². The summed E-state index contributed by atoms with van der Waals surface area (Å²) < 4.78 is 136. The van der Waals surface area contributed by atoms with E-state index in [4.69, 9.17) is 105 Å². The lowest BCUT2D eigenvalue weighted by Crippen LogP contribution is -2.33. The Morgan fingerprint density at radius 3 is 1.20 bits per heavy atom. The first-order valence-electron chi connectivity index (χ1n) is 36.4. The Morgan fingerprint density at radius 1 is 0.452 bits per heavy atom. The van der Waals surface area contributed by atoms with Crippen molar-refractivity contribution in [1.29, 1.82) is 0 Å². The number of rotatable bonds is 73. The summed E-state index contributed by atoms with van der Waals surface area (Å²) in [7, 11) is -1.24. The average molecular weight is 1500 g/mol. The summed E-state index contributed by atoms with van der Waals surface area (Å²) in [6.45, 7) is 26.1. The third-order valence-corrected chi connectivity index (χ3v) is 17.3. The van der Waals surface area contributed by atoms with Gasteiger partial charge in [0.25, 0.3) is 10.1 Å². The number of ether oxygens (including phenoxy) is 18. The van der Waals surface area contributed by atoms with Crippen molar-refractivity contribution in [3.05, 3.63) is 89.2 Å². The molecule has 0 radical (unpaired) electrons. The van der Waals surface area contributed by atoms with Crippen LogP contribution in [0, 0.1) is 6.92 Å². The first-order valence-corrected chi connectivity index (χ1v) is 37.9. The van der Waals surface area contributed by atoms with Gasteiger partial charge >= 0.3 is 5.97 Å². The van der Waals surface area contributed by atoms with Crippen molar-refractivity contribution in [2.24, 2.45) is 0 Å². The number of hydrogen-bond donors (Lipinski definition) is 2. The smallest absolute Gasteiger partial charge is 0.303 e. The van der Waals surface area contributed by atoms with E-state index in [9.17, 15) is 22.9 Å². The minimum absolute atomic E-state index is 0.117. The molecule has 0 amide bonds. The summed E-state index contributed by atoms with van der Waals surface area (Å²) in [5.41, 5.74) is 5.60. The number of nitrogens with zero attached hydrogens (tertiary/aromatic N) is 2. The van der Waals surface area contributed by atoms with Crippen molar-refractivity contribution in [3.63, 3.8) is 0 Å². The van der Waals surface area contributed by atoms with Crippen LogP contribution in [-0.4, -0.2) is 313 Å². The molecule has 29 nitrogen and oxygen atoms in total. The fourth-order valence-corrected chi connectivity index (χ4v) is 11.5. The summed E-state index contributed by atoms with van der Waals surface area (Å²) in [6, 6.07) is 11.2. The maximum atomic E-state index is 12.5. The minimum atomic E-state index is -4.51. The number of hydrogen-bond acceptors (Lipinski definition) is 26. The number of likely N-dealkylation sites (N-methyl/N-ethyl adjacent to an activating group) is 1. The van der Waals surface area contributed by atoms with Crippen LogP contribution in [0.3, 0.4) is 0 Å².